The predicted octanol–water partition coefficient (Wildman–Crippen LogP) is 1.68. The topological polar surface area (TPSA) is 72.5 Å². The highest BCUT2D eigenvalue weighted by atomic mass is 16.1. The average molecular weight is 309 g/mol. The number of H-pyrrole nitrogens is 1. The molecule has 1 amide bonds. The van der Waals surface area contributed by atoms with E-state index < -0.39 is 0 Å². The molecule has 0 radical (unpaired) electrons. The van der Waals surface area contributed by atoms with Gasteiger partial charge in [0.2, 0.25) is 11.0 Å². The van der Waals surface area contributed by atoms with Crippen molar-refractivity contribution in [1.82, 2.24) is 10.2 Å². The Hall–Kier alpha value is -2.66. The third kappa shape index (κ3) is 2.96. The minimum absolute atomic E-state index is 0.0941. The van der Waals surface area contributed by atoms with Crippen molar-refractivity contribution in [3.63, 3.8) is 0 Å². The minimum Gasteiger partial charge on any atom is -0.397 e. The maximum absolute atomic E-state index is 12.5. The Balaban J connectivity index is 2.06. The third-order valence-corrected chi connectivity index (χ3v) is 3.92. The van der Waals surface area contributed by atoms with Crippen LogP contribution < -0.4 is 16.0 Å². The Morgan fingerprint density at radius 1 is 1.13 bits per heavy atom. The Labute approximate surface area is 135 Å². The summed E-state index contributed by atoms with van der Waals surface area (Å²) in [5, 5.41) is 4.78. The van der Waals surface area contributed by atoms with E-state index in [-0.39, 0.29) is 5.91 Å². The number of nitrogens with two attached hydrogens (primary N) is 1. The lowest BCUT2D eigenvalue weighted by molar-refractivity contribution is -0.310. The van der Waals surface area contributed by atoms with Gasteiger partial charge in [-0.3, -0.25) is 4.79 Å². The molecule has 0 spiro atoms. The predicted molar refractivity (Wildman–Crippen MR) is 93.3 cm³/mol. The van der Waals surface area contributed by atoms with Gasteiger partial charge in [-0.05, 0) is 32.3 Å². The summed E-state index contributed by atoms with van der Waals surface area (Å²) in [6.07, 6.45) is 0. The van der Waals surface area contributed by atoms with E-state index in [1.54, 1.807) is 0 Å². The first-order chi connectivity index (χ1) is 11.1. The van der Waals surface area contributed by atoms with E-state index in [0.29, 0.717) is 17.8 Å². The second-order valence-corrected chi connectivity index (χ2v) is 5.87. The highest BCUT2D eigenvalue weighted by Gasteiger charge is 2.18. The zero-order valence-corrected chi connectivity index (χ0v) is 13.4. The first-order valence-electron chi connectivity index (χ1n) is 7.63. The van der Waals surface area contributed by atoms with E-state index in [2.05, 4.69) is 10.3 Å². The zero-order chi connectivity index (χ0) is 16.4. The van der Waals surface area contributed by atoms with Gasteiger partial charge in [0.05, 0.1) is 16.5 Å². The summed E-state index contributed by atoms with van der Waals surface area (Å²) in [7, 11) is 3.95. The van der Waals surface area contributed by atoms with Gasteiger partial charge >= 0.3 is 0 Å². The summed E-state index contributed by atoms with van der Waals surface area (Å²) >= 11 is 0. The lowest BCUT2D eigenvalue weighted by Gasteiger charge is -2.10. The summed E-state index contributed by atoms with van der Waals surface area (Å²) in [5.41, 5.74) is 9.30. The molecule has 0 bridgehead atoms. The van der Waals surface area contributed by atoms with Gasteiger partial charge in [-0.1, -0.05) is 18.2 Å². The summed E-state index contributed by atoms with van der Waals surface area (Å²) in [6.45, 7) is 1.40. The highest BCUT2D eigenvalue weighted by molar-refractivity contribution is 6.11. The maximum atomic E-state index is 12.5. The van der Waals surface area contributed by atoms with Crippen molar-refractivity contribution in [1.29, 1.82) is 0 Å². The lowest BCUT2D eigenvalue weighted by atomic mass is 10.0. The third-order valence-electron chi connectivity index (χ3n) is 3.92. The van der Waals surface area contributed by atoms with Crippen LogP contribution in [0.15, 0.2) is 42.5 Å². The number of anilines is 1. The monoisotopic (exact) mass is 309 g/mol. The maximum Gasteiger partial charge on any atom is 0.258 e. The van der Waals surface area contributed by atoms with Gasteiger partial charge in [0.1, 0.15) is 5.56 Å². The van der Waals surface area contributed by atoms with Crippen molar-refractivity contribution in [2.24, 2.45) is 0 Å². The Bertz CT molecular complexity index is 873. The van der Waals surface area contributed by atoms with Crippen LogP contribution in [0, 0.1) is 0 Å². The normalized spacial score (nSPS) is 11.3. The molecule has 3 aromatic rings. The molecule has 1 heterocycles. The molecule has 0 aliphatic heterocycles. The van der Waals surface area contributed by atoms with Gasteiger partial charge in [0.15, 0.2) is 0 Å². The Kier molecular flexibility index (Phi) is 4.12. The van der Waals surface area contributed by atoms with Crippen molar-refractivity contribution in [3.05, 3.63) is 48.0 Å². The number of fused-ring (bicyclic) bond motifs is 2. The smallest absolute Gasteiger partial charge is 0.258 e. The number of pyridine rings is 1. The molecular weight excluding hydrogens is 288 g/mol. The number of amides is 1. The number of hydrogen-bond acceptors (Lipinski definition) is 3. The van der Waals surface area contributed by atoms with Gasteiger partial charge in [-0.25, -0.2) is 4.98 Å². The van der Waals surface area contributed by atoms with E-state index in [9.17, 15) is 4.79 Å². The van der Waals surface area contributed by atoms with Crippen molar-refractivity contribution >= 4 is 33.4 Å². The summed E-state index contributed by atoms with van der Waals surface area (Å²) in [4.78, 5) is 17.9. The molecule has 4 N–H and O–H groups in total. The highest BCUT2D eigenvalue weighted by Crippen LogP contribution is 2.27. The van der Waals surface area contributed by atoms with Gasteiger partial charge in [-0.2, -0.15) is 0 Å². The van der Waals surface area contributed by atoms with Gasteiger partial charge in [0.25, 0.3) is 5.91 Å². The second-order valence-electron chi connectivity index (χ2n) is 5.87. The molecule has 5 heteroatoms. The standard InChI is InChI=1S/C18H20N4O/c1-22(2)11-10-20-18(23)14-8-5-7-13-16(19)12-6-3-4-9-15(12)21-17(13)14/h3-9H,10-11H2,1-2H3,(H2,19,21)(H,20,23)/p+1. The first kappa shape index (κ1) is 15.2. The number of aromatic amines is 1. The van der Waals surface area contributed by atoms with Crippen molar-refractivity contribution < 1.29 is 9.78 Å². The minimum atomic E-state index is -0.0941. The average Bonchev–Trinajstić information content (AvgIpc) is 2.54. The number of carbonyl (C=O) groups is 1. The number of hydrogen-bond donors (Lipinski definition) is 2. The van der Waals surface area contributed by atoms with Crippen molar-refractivity contribution in [2.75, 3.05) is 32.9 Å². The Morgan fingerprint density at radius 2 is 1.87 bits per heavy atom. The molecule has 0 saturated carbocycles. The van der Waals surface area contributed by atoms with Gasteiger partial charge < -0.3 is 16.0 Å². The first-order valence-corrected chi connectivity index (χ1v) is 7.63. The van der Waals surface area contributed by atoms with Crippen molar-refractivity contribution in [2.45, 2.75) is 0 Å². The van der Waals surface area contributed by atoms with Crippen LogP contribution in [0.2, 0.25) is 0 Å². The van der Waals surface area contributed by atoms with Crippen LogP contribution in [0.1, 0.15) is 10.4 Å². The number of benzene rings is 2. The molecule has 0 saturated heterocycles. The quantitative estimate of drug-likeness (QED) is 0.720. The molecular formula is C18H21N4O+. The number of likely N-dealkylation sites (N-methyl/N-ethyl adjacent to an activating group) is 1. The van der Waals surface area contributed by atoms with Crippen LogP contribution >= 0.6 is 0 Å². The van der Waals surface area contributed by atoms with Crippen molar-refractivity contribution in [3.8, 4) is 0 Å². The molecule has 23 heavy (non-hydrogen) atoms. The number of carbonyl (C=O) groups excluding carboxylic acids is 1. The second kappa shape index (κ2) is 6.22. The molecule has 1 aromatic heterocycles. The van der Waals surface area contributed by atoms with Crippen LogP contribution in [-0.4, -0.2) is 38.0 Å². The van der Waals surface area contributed by atoms with Gasteiger partial charge in [0, 0.05) is 19.2 Å². The number of nitrogen functional groups attached to an aromatic ring is 1. The largest absolute Gasteiger partial charge is 0.397 e. The number of rotatable bonds is 4. The SMILES string of the molecule is CN(C)CCNC(=O)c1cccc2c(N)c3ccccc3[nH+]c12. The van der Waals surface area contributed by atoms with E-state index in [0.717, 1.165) is 28.4 Å². The molecule has 0 aliphatic rings. The van der Waals surface area contributed by atoms with Crippen LogP contribution in [0.25, 0.3) is 21.8 Å². The van der Waals surface area contributed by atoms with Crippen LogP contribution in [0.5, 0.6) is 0 Å². The summed E-state index contributed by atoms with van der Waals surface area (Å²) < 4.78 is 0. The molecule has 2 aromatic carbocycles. The Morgan fingerprint density at radius 3 is 2.65 bits per heavy atom. The lowest BCUT2D eigenvalue weighted by Crippen LogP contribution is -2.32. The number of para-hydroxylation sites is 2. The van der Waals surface area contributed by atoms with Crippen LogP contribution in [0.3, 0.4) is 0 Å². The molecule has 0 aliphatic carbocycles. The molecule has 0 atom stereocenters. The molecule has 5 nitrogen and oxygen atoms in total. The van der Waals surface area contributed by atoms with E-state index >= 15 is 0 Å². The van der Waals surface area contributed by atoms with Crippen LogP contribution in [-0.2, 0) is 0 Å². The van der Waals surface area contributed by atoms with Crippen LogP contribution in [0.4, 0.5) is 5.69 Å². The fourth-order valence-electron chi connectivity index (χ4n) is 2.70. The fraction of sp³-hybridized carbons (Fsp3) is 0.222. The summed E-state index contributed by atoms with van der Waals surface area (Å²) in [5.74, 6) is -0.0941. The number of nitrogens with zero attached hydrogens (tertiary/aromatic N) is 1. The molecule has 118 valence electrons. The zero-order valence-electron chi connectivity index (χ0n) is 13.4. The number of nitrogens with one attached hydrogen (secondary N) is 2. The summed E-state index contributed by atoms with van der Waals surface area (Å²) in [6, 6.07) is 13.5. The van der Waals surface area contributed by atoms with Gasteiger partial charge in [-0.15, -0.1) is 0 Å². The van der Waals surface area contributed by atoms with E-state index in [1.165, 1.54) is 0 Å². The van der Waals surface area contributed by atoms with E-state index in [1.807, 2.05) is 61.5 Å². The molecule has 0 unspecified atom stereocenters. The number of aromatic nitrogens is 1. The molecule has 3 rings (SSSR count). The fourth-order valence-corrected chi connectivity index (χ4v) is 2.70. The van der Waals surface area contributed by atoms with E-state index in [4.69, 9.17) is 5.73 Å². The molecule has 0 fully saturated rings.